The molecular formula is C9H12MgO. The van der Waals surface area contributed by atoms with Gasteiger partial charge in [-0.2, -0.15) is 18.2 Å². The fourth-order valence-electron chi connectivity index (χ4n) is 0.634. The van der Waals surface area contributed by atoms with Crippen LogP contribution in [0.5, 0.6) is 5.75 Å². The summed E-state index contributed by atoms with van der Waals surface area (Å²) in [6.07, 6.45) is 0. The van der Waals surface area contributed by atoms with Crippen LogP contribution in [0, 0.1) is 13.5 Å². The van der Waals surface area contributed by atoms with Crippen LogP contribution in [-0.2, 0) is 0 Å². The van der Waals surface area contributed by atoms with Gasteiger partial charge in [-0.15, -0.1) is 12.1 Å². The summed E-state index contributed by atoms with van der Waals surface area (Å²) >= 11 is 0. The van der Waals surface area contributed by atoms with E-state index in [0.717, 1.165) is 12.4 Å². The van der Waals surface area contributed by atoms with E-state index in [4.69, 9.17) is 4.74 Å². The second kappa shape index (κ2) is 7.89. The van der Waals surface area contributed by atoms with Gasteiger partial charge in [-0.05, 0) is 6.92 Å². The number of hydrogen-bond acceptors (Lipinski definition) is 1. The third-order valence-corrected chi connectivity index (χ3v) is 0.999. The molecule has 1 nitrogen and oxygen atoms in total. The first-order chi connectivity index (χ1) is 4.43. The van der Waals surface area contributed by atoms with Crippen LogP contribution in [0.1, 0.15) is 6.92 Å². The van der Waals surface area contributed by atoms with Crippen molar-refractivity contribution < 1.29 is 4.74 Å². The van der Waals surface area contributed by atoms with Crippen molar-refractivity contribution in [1.82, 2.24) is 0 Å². The topological polar surface area (TPSA) is 9.23 Å². The van der Waals surface area contributed by atoms with Gasteiger partial charge in [-0.1, -0.05) is 0 Å². The molecule has 0 unspecified atom stereocenters. The van der Waals surface area contributed by atoms with E-state index in [1.165, 1.54) is 0 Å². The van der Waals surface area contributed by atoms with Crippen molar-refractivity contribution in [2.75, 3.05) is 6.61 Å². The van der Waals surface area contributed by atoms with E-state index in [2.05, 4.69) is 6.07 Å². The Morgan fingerprint density at radius 2 is 1.91 bits per heavy atom. The van der Waals surface area contributed by atoms with Crippen molar-refractivity contribution in [3.8, 4) is 5.75 Å². The van der Waals surface area contributed by atoms with Crippen LogP contribution in [0.3, 0.4) is 0 Å². The van der Waals surface area contributed by atoms with Crippen LogP contribution in [0.15, 0.2) is 24.3 Å². The molecule has 0 radical (unpaired) electrons. The van der Waals surface area contributed by atoms with E-state index in [1.54, 1.807) is 0 Å². The summed E-state index contributed by atoms with van der Waals surface area (Å²) < 4.78 is 5.19. The zero-order valence-electron chi connectivity index (χ0n) is 7.13. The first-order valence-corrected chi connectivity index (χ1v) is 3.02. The normalized spacial score (nSPS) is 7.36. The molecule has 1 aromatic rings. The van der Waals surface area contributed by atoms with E-state index < -0.39 is 0 Å². The van der Waals surface area contributed by atoms with Gasteiger partial charge in [0.1, 0.15) is 0 Å². The third-order valence-electron chi connectivity index (χ3n) is 0.999. The van der Waals surface area contributed by atoms with E-state index in [0.29, 0.717) is 0 Å². The van der Waals surface area contributed by atoms with Crippen LogP contribution in [-0.4, -0.2) is 29.7 Å². The van der Waals surface area contributed by atoms with E-state index in [1.807, 2.05) is 31.2 Å². The van der Waals surface area contributed by atoms with Gasteiger partial charge in [-0.3, -0.25) is 0 Å². The minimum absolute atomic E-state index is 0. The zero-order chi connectivity index (χ0) is 6.53. The maximum Gasteiger partial charge on any atom is 2.00 e. The van der Waals surface area contributed by atoms with Gasteiger partial charge in [0.2, 0.25) is 0 Å². The van der Waals surface area contributed by atoms with Crippen LogP contribution in [0.2, 0.25) is 0 Å². The first-order valence-electron chi connectivity index (χ1n) is 3.02. The van der Waals surface area contributed by atoms with Crippen molar-refractivity contribution in [3.05, 3.63) is 37.8 Å². The molecule has 0 N–H and O–H groups in total. The molecule has 0 bridgehead atoms. The maximum absolute atomic E-state index is 5.19. The van der Waals surface area contributed by atoms with Crippen molar-refractivity contribution >= 4 is 23.1 Å². The summed E-state index contributed by atoms with van der Waals surface area (Å²) in [5.74, 6) is 0.913. The Morgan fingerprint density at radius 1 is 1.36 bits per heavy atom. The Morgan fingerprint density at radius 3 is 2.36 bits per heavy atom. The van der Waals surface area contributed by atoms with Crippen LogP contribution >= 0.6 is 0 Å². The summed E-state index contributed by atoms with van der Waals surface area (Å²) in [7, 11) is 0. The molecule has 2 heteroatoms. The summed E-state index contributed by atoms with van der Waals surface area (Å²) in [5.41, 5.74) is 0. The number of rotatable bonds is 2. The molecule has 0 aliphatic rings. The first kappa shape index (κ1) is 13.4. The van der Waals surface area contributed by atoms with Gasteiger partial charge in [0.05, 0.1) is 6.61 Å². The van der Waals surface area contributed by atoms with Crippen molar-refractivity contribution in [3.63, 3.8) is 0 Å². The maximum atomic E-state index is 5.19. The van der Waals surface area contributed by atoms with Crippen molar-refractivity contribution in [1.29, 1.82) is 0 Å². The van der Waals surface area contributed by atoms with Crippen molar-refractivity contribution in [2.24, 2.45) is 0 Å². The molecule has 11 heavy (non-hydrogen) atoms. The average molecular weight is 160 g/mol. The molecule has 0 amide bonds. The summed E-state index contributed by atoms with van der Waals surface area (Å²) in [5, 5.41) is 0. The van der Waals surface area contributed by atoms with E-state index in [-0.39, 0.29) is 30.5 Å². The monoisotopic (exact) mass is 160 g/mol. The Labute approximate surface area is 84.9 Å². The van der Waals surface area contributed by atoms with Gasteiger partial charge < -0.3 is 12.2 Å². The number of ether oxygens (including phenoxy) is 1. The standard InChI is InChI=1S/C8H9O.CH3.Mg/c1-2-9-8-6-4-3-5-7-8;;/h4-7H,2H2,1H3;1H3;/q2*-1;+2. The van der Waals surface area contributed by atoms with Gasteiger partial charge in [0, 0.05) is 5.75 Å². The van der Waals surface area contributed by atoms with E-state index >= 15 is 0 Å². The molecule has 56 valence electrons. The second-order valence-corrected chi connectivity index (χ2v) is 1.67. The van der Waals surface area contributed by atoms with Gasteiger partial charge in [-0.25, -0.2) is 0 Å². The Kier molecular flexibility index (Phi) is 9.60. The molecule has 1 rings (SSSR count). The molecule has 0 atom stereocenters. The summed E-state index contributed by atoms with van der Waals surface area (Å²) in [4.78, 5) is 0. The van der Waals surface area contributed by atoms with Crippen molar-refractivity contribution in [2.45, 2.75) is 6.92 Å². The summed E-state index contributed by atoms with van der Waals surface area (Å²) in [6.45, 7) is 2.70. The summed E-state index contributed by atoms with van der Waals surface area (Å²) in [6, 6.07) is 10.4. The average Bonchev–Trinajstić information content (AvgIpc) is 1.91. The molecule has 0 aliphatic carbocycles. The molecule has 0 heterocycles. The van der Waals surface area contributed by atoms with Gasteiger partial charge in [0.25, 0.3) is 0 Å². The Balaban J connectivity index is 0. The third kappa shape index (κ3) is 5.10. The molecule has 1 aromatic carbocycles. The fraction of sp³-hybridized carbons (Fsp3) is 0.222. The minimum atomic E-state index is 0. The zero-order valence-corrected chi connectivity index (χ0v) is 8.55. The fourth-order valence-corrected chi connectivity index (χ4v) is 0.634. The van der Waals surface area contributed by atoms with Gasteiger partial charge in [0.15, 0.2) is 0 Å². The molecule has 0 saturated carbocycles. The largest absolute Gasteiger partial charge is 2.00 e. The molecule has 0 spiro atoms. The second-order valence-electron chi connectivity index (χ2n) is 1.67. The van der Waals surface area contributed by atoms with Crippen LogP contribution < -0.4 is 4.74 Å². The quantitative estimate of drug-likeness (QED) is 0.475. The van der Waals surface area contributed by atoms with E-state index in [9.17, 15) is 0 Å². The van der Waals surface area contributed by atoms with Crippen LogP contribution in [0.4, 0.5) is 0 Å². The molecule has 0 saturated heterocycles. The number of hydrogen-bond donors (Lipinski definition) is 0. The Bertz CT molecular complexity index is 162. The molecule has 0 aliphatic heterocycles. The van der Waals surface area contributed by atoms with Gasteiger partial charge >= 0.3 is 23.1 Å². The number of benzene rings is 1. The molecular weight excluding hydrogens is 148 g/mol. The molecule has 0 aromatic heterocycles. The minimum Gasteiger partial charge on any atom is -0.519 e. The Hall–Kier alpha value is -0.214. The predicted molar refractivity (Wildman–Crippen MR) is 48.6 cm³/mol. The predicted octanol–water partition coefficient (Wildman–Crippen LogP) is 1.95. The SMILES string of the molecule is CCOc1cc[c-]cc1.[CH3-].[Mg+2]. The van der Waals surface area contributed by atoms with Crippen LogP contribution in [0.25, 0.3) is 0 Å². The molecule has 0 fully saturated rings. The smallest absolute Gasteiger partial charge is 0.519 e.